The van der Waals surface area contributed by atoms with Gasteiger partial charge in [0.05, 0.1) is 12.1 Å². The Labute approximate surface area is 109 Å². The number of aryl methyl sites for hydroxylation is 1. The number of aromatic nitrogens is 1. The van der Waals surface area contributed by atoms with Crippen LogP contribution < -0.4 is 10.1 Å². The Morgan fingerprint density at radius 3 is 3.11 bits per heavy atom. The lowest BCUT2D eigenvalue weighted by Gasteiger charge is -2.01. The molecule has 0 fully saturated rings. The third-order valence-corrected chi connectivity index (χ3v) is 3.18. The average Bonchev–Trinajstić information content (AvgIpc) is 3.05. The summed E-state index contributed by atoms with van der Waals surface area (Å²) in [5.41, 5.74) is 0. The molecule has 0 aromatic carbocycles. The first-order valence-corrected chi connectivity index (χ1v) is 6.48. The topological polar surface area (TPSA) is 64.4 Å². The summed E-state index contributed by atoms with van der Waals surface area (Å²) in [6, 6.07) is 3.21. The van der Waals surface area contributed by atoms with Gasteiger partial charge in [-0.25, -0.2) is 4.98 Å². The molecule has 0 aliphatic heterocycles. The summed E-state index contributed by atoms with van der Waals surface area (Å²) in [7, 11) is 1.49. The van der Waals surface area contributed by atoms with Crippen LogP contribution in [0.4, 0.5) is 0 Å². The second-order valence-corrected chi connectivity index (χ2v) is 4.59. The molecule has 2 heterocycles. The summed E-state index contributed by atoms with van der Waals surface area (Å²) in [4.78, 5) is 15.8. The van der Waals surface area contributed by atoms with Crippen LogP contribution >= 0.6 is 11.3 Å². The summed E-state index contributed by atoms with van der Waals surface area (Å²) in [5, 5.41) is 5.82. The first-order chi connectivity index (χ1) is 8.79. The summed E-state index contributed by atoms with van der Waals surface area (Å²) < 4.78 is 10.0. The maximum absolute atomic E-state index is 11.7. The lowest BCUT2D eigenvalue weighted by Crippen LogP contribution is -2.24. The van der Waals surface area contributed by atoms with Crippen LogP contribution in [0.25, 0.3) is 0 Å². The molecule has 2 rings (SSSR count). The van der Waals surface area contributed by atoms with Gasteiger partial charge >= 0.3 is 0 Å². The minimum absolute atomic E-state index is 0.225. The molecule has 96 valence electrons. The summed E-state index contributed by atoms with van der Waals surface area (Å²) in [5.74, 6) is 0.376. The Balaban J connectivity index is 1.71. The number of hydrogen-bond acceptors (Lipinski definition) is 5. The van der Waals surface area contributed by atoms with Crippen molar-refractivity contribution in [3.05, 3.63) is 34.5 Å². The largest absolute Gasteiger partial charge is 0.468 e. The Morgan fingerprint density at radius 1 is 1.56 bits per heavy atom. The molecule has 0 atom stereocenters. The van der Waals surface area contributed by atoms with Crippen LogP contribution in [0.15, 0.2) is 28.1 Å². The van der Waals surface area contributed by atoms with Crippen molar-refractivity contribution >= 4 is 17.2 Å². The Morgan fingerprint density at radius 2 is 2.44 bits per heavy atom. The second-order valence-electron chi connectivity index (χ2n) is 3.61. The highest BCUT2D eigenvalue weighted by Gasteiger charge is 2.10. The Bertz CT molecular complexity index is 493. The molecule has 0 spiro atoms. The van der Waals surface area contributed by atoms with Crippen LogP contribution in [0, 0.1) is 0 Å². The number of methoxy groups -OCH3 is 1. The molecule has 2 aromatic heterocycles. The molecule has 0 bridgehead atoms. The molecule has 18 heavy (non-hydrogen) atoms. The van der Waals surface area contributed by atoms with Crippen molar-refractivity contribution in [2.24, 2.45) is 0 Å². The summed E-state index contributed by atoms with van der Waals surface area (Å²) >= 11 is 1.63. The van der Waals surface area contributed by atoms with E-state index in [1.165, 1.54) is 7.11 Å². The van der Waals surface area contributed by atoms with Gasteiger partial charge in [0, 0.05) is 30.6 Å². The standard InChI is InChI=1S/C12H14N2O3S/c1-16-11-5-4-9(17-11)12(15)14-6-2-3-10-13-7-8-18-10/h4-5,7-8H,2-3,6H2,1H3,(H,14,15). The van der Waals surface area contributed by atoms with Crippen molar-refractivity contribution in [2.45, 2.75) is 12.8 Å². The number of ether oxygens (including phenoxy) is 1. The molecule has 0 aliphatic rings. The molecular formula is C12H14N2O3S. The predicted octanol–water partition coefficient (Wildman–Crippen LogP) is 2.11. The SMILES string of the molecule is COc1ccc(C(=O)NCCCc2nccs2)o1. The normalized spacial score (nSPS) is 10.3. The molecule has 1 N–H and O–H groups in total. The number of nitrogens with one attached hydrogen (secondary N) is 1. The quantitative estimate of drug-likeness (QED) is 0.813. The minimum atomic E-state index is -0.225. The van der Waals surface area contributed by atoms with Crippen LogP contribution in [0.3, 0.4) is 0 Å². The average molecular weight is 266 g/mol. The molecule has 0 radical (unpaired) electrons. The van der Waals surface area contributed by atoms with Gasteiger partial charge in [0.2, 0.25) is 0 Å². The van der Waals surface area contributed by atoms with E-state index in [1.807, 2.05) is 5.38 Å². The molecule has 0 unspecified atom stereocenters. The van der Waals surface area contributed by atoms with Crippen molar-refractivity contribution in [2.75, 3.05) is 13.7 Å². The van der Waals surface area contributed by atoms with Crippen LogP contribution in [-0.4, -0.2) is 24.5 Å². The Kier molecular flexibility index (Phi) is 4.35. The number of amides is 1. The Hall–Kier alpha value is -1.82. The van der Waals surface area contributed by atoms with Gasteiger partial charge < -0.3 is 14.5 Å². The lowest BCUT2D eigenvalue weighted by molar-refractivity contribution is 0.0919. The zero-order valence-corrected chi connectivity index (χ0v) is 10.8. The maximum Gasteiger partial charge on any atom is 0.287 e. The van der Waals surface area contributed by atoms with E-state index in [2.05, 4.69) is 10.3 Å². The lowest BCUT2D eigenvalue weighted by atomic mass is 10.3. The van der Waals surface area contributed by atoms with Gasteiger partial charge in [0.15, 0.2) is 5.76 Å². The van der Waals surface area contributed by atoms with Crippen molar-refractivity contribution in [1.82, 2.24) is 10.3 Å². The number of carbonyl (C=O) groups is 1. The fourth-order valence-corrected chi connectivity index (χ4v) is 2.12. The molecule has 0 saturated heterocycles. The first kappa shape index (κ1) is 12.6. The van der Waals surface area contributed by atoms with Crippen molar-refractivity contribution in [3.63, 3.8) is 0 Å². The molecule has 5 nitrogen and oxygen atoms in total. The summed E-state index contributed by atoms with van der Waals surface area (Å²) in [6.45, 7) is 0.599. The van der Waals surface area contributed by atoms with E-state index in [9.17, 15) is 4.79 Å². The first-order valence-electron chi connectivity index (χ1n) is 5.60. The second kappa shape index (κ2) is 6.20. The molecule has 0 aliphatic carbocycles. The number of furan rings is 1. The van der Waals surface area contributed by atoms with E-state index in [4.69, 9.17) is 9.15 Å². The number of carbonyl (C=O) groups excluding carboxylic acids is 1. The number of hydrogen-bond donors (Lipinski definition) is 1. The molecule has 6 heteroatoms. The highest BCUT2D eigenvalue weighted by atomic mass is 32.1. The summed E-state index contributed by atoms with van der Waals surface area (Å²) in [6.07, 6.45) is 3.52. The van der Waals surface area contributed by atoms with Crippen LogP contribution in [0.1, 0.15) is 22.0 Å². The third-order valence-electron chi connectivity index (χ3n) is 2.34. The van der Waals surface area contributed by atoms with E-state index in [1.54, 1.807) is 29.7 Å². The molecular weight excluding hydrogens is 252 g/mol. The van der Waals surface area contributed by atoms with Gasteiger partial charge in [0.25, 0.3) is 11.9 Å². The van der Waals surface area contributed by atoms with Gasteiger partial charge in [-0.2, -0.15) is 0 Å². The van der Waals surface area contributed by atoms with Gasteiger partial charge in [-0.05, 0) is 12.5 Å². The van der Waals surface area contributed by atoms with Crippen LogP contribution in [0.5, 0.6) is 5.95 Å². The van der Waals surface area contributed by atoms with Crippen LogP contribution in [-0.2, 0) is 6.42 Å². The van der Waals surface area contributed by atoms with Crippen molar-refractivity contribution in [3.8, 4) is 5.95 Å². The van der Waals surface area contributed by atoms with Gasteiger partial charge in [-0.1, -0.05) is 0 Å². The van der Waals surface area contributed by atoms with Gasteiger partial charge in [-0.15, -0.1) is 11.3 Å². The highest BCUT2D eigenvalue weighted by Crippen LogP contribution is 2.14. The highest BCUT2D eigenvalue weighted by molar-refractivity contribution is 7.09. The fraction of sp³-hybridized carbons (Fsp3) is 0.333. The number of thiazole rings is 1. The zero-order valence-electron chi connectivity index (χ0n) is 10.0. The smallest absolute Gasteiger partial charge is 0.287 e. The third kappa shape index (κ3) is 3.33. The van der Waals surface area contributed by atoms with Crippen molar-refractivity contribution in [1.29, 1.82) is 0 Å². The fourth-order valence-electron chi connectivity index (χ4n) is 1.46. The van der Waals surface area contributed by atoms with Gasteiger partial charge in [-0.3, -0.25) is 4.79 Å². The number of rotatable bonds is 6. The van der Waals surface area contributed by atoms with E-state index in [0.717, 1.165) is 17.8 Å². The zero-order chi connectivity index (χ0) is 12.8. The van der Waals surface area contributed by atoms with Crippen LogP contribution in [0.2, 0.25) is 0 Å². The van der Waals surface area contributed by atoms with Gasteiger partial charge in [0.1, 0.15) is 0 Å². The maximum atomic E-state index is 11.7. The van der Waals surface area contributed by atoms with E-state index < -0.39 is 0 Å². The van der Waals surface area contributed by atoms with Crippen molar-refractivity contribution < 1.29 is 13.9 Å². The molecule has 0 saturated carbocycles. The molecule has 1 amide bonds. The molecule has 2 aromatic rings. The number of nitrogens with zero attached hydrogens (tertiary/aromatic N) is 1. The van der Waals surface area contributed by atoms with E-state index in [-0.39, 0.29) is 11.7 Å². The van der Waals surface area contributed by atoms with E-state index >= 15 is 0 Å². The predicted molar refractivity (Wildman–Crippen MR) is 68.0 cm³/mol. The minimum Gasteiger partial charge on any atom is -0.468 e. The monoisotopic (exact) mass is 266 g/mol. The van der Waals surface area contributed by atoms with E-state index in [0.29, 0.717) is 12.5 Å².